The number of methoxy groups -OCH3 is 1. The first kappa shape index (κ1) is 23.2. The molecule has 2 aromatic rings. The lowest BCUT2D eigenvalue weighted by atomic mass is 10.1. The summed E-state index contributed by atoms with van der Waals surface area (Å²) in [5.74, 6) is -0.238. The van der Waals surface area contributed by atoms with E-state index in [0.717, 1.165) is 5.56 Å². The average Bonchev–Trinajstić information content (AvgIpc) is 2.71. The van der Waals surface area contributed by atoms with Crippen LogP contribution < -0.4 is 14.8 Å². The van der Waals surface area contributed by atoms with Gasteiger partial charge in [-0.25, -0.2) is 4.79 Å². The van der Waals surface area contributed by atoms with Gasteiger partial charge in [-0.05, 0) is 77.9 Å². The second-order valence-electron chi connectivity index (χ2n) is 6.12. The lowest BCUT2D eigenvalue weighted by molar-refractivity contribution is -0.142. The molecule has 0 bridgehead atoms. The number of hydrogen-bond acceptors (Lipinski definition) is 6. The molecule has 1 amide bonds. The summed E-state index contributed by atoms with van der Waals surface area (Å²) in [7, 11) is 1.28. The smallest absolute Gasteiger partial charge is 0.343 e. The quantitative estimate of drug-likeness (QED) is 0.244. The number of carbonyl (C=O) groups excluding carboxylic acids is 2. The van der Waals surface area contributed by atoms with Crippen molar-refractivity contribution in [1.29, 1.82) is 5.26 Å². The Hall–Kier alpha value is -3.06. The van der Waals surface area contributed by atoms with Crippen LogP contribution in [0.15, 0.2) is 42.0 Å². The molecule has 30 heavy (non-hydrogen) atoms. The fourth-order valence-electron chi connectivity index (χ4n) is 2.50. The lowest BCUT2D eigenvalue weighted by Gasteiger charge is -2.14. The number of aryl methyl sites for hydroxylation is 1. The predicted octanol–water partition coefficient (Wildman–Crippen LogP) is 4.10. The number of amides is 1. The summed E-state index contributed by atoms with van der Waals surface area (Å²) >= 11 is 2.04. The number of esters is 1. The normalized spacial score (nSPS) is 10.7. The molecule has 156 valence electrons. The number of nitriles is 1. The van der Waals surface area contributed by atoms with Gasteiger partial charge in [0, 0.05) is 5.69 Å². The van der Waals surface area contributed by atoms with Crippen LogP contribution in [0, 0.1) is 21.8 Å². The summed E-state index contributed by atoms with van der Waals surface area (Å²) in [6, 6.07) is 12.6. The van der Waals surface area contributed by atoms with E-state index in [1.165, 1.54) is 13.2 Å². The summed E-state index contributed by atoms with van der Waals surface area (Å²) < 4.78 is 16.4. The van der Waals surface area contributed by atoms with Crippen LogP contribution in [-0.2, 0) is 14.3 Å². The van der Waals surface area contributed by atoms with E-state index >= 15 is 0 Å². The largest absolute Gasteiger partial charge is 0.490 e. The van der Waals surface area contributed by atoms with E-state index in [4.69, 9.17) is 9.47 Å². The Bertz CT molecular complexity index is 1010. The molecule has 0 atom stereocenters. The van der Waals surface area contributed by atoms with Gasteiger partial charge in [-0.2, -0.15) is 5.26 Å². The number of hydrogen-bond donors (Lipinski definition) is 1. The highest BCUT2D eigenvalue weighted by Crippen LogP contribution is 2.35. The molecule has 0 fully saturated rings. The molecule has 0 spiro atoms. The van der Waals surface area contributed by atoms with E-state index in [-0.39, 0.29) is 12.2 Å². The molecule has 7 nitrogen and oxygen atoms in total. The average molecular weight is 520 g/mol. The van der Waals surface area contributed by atoms with Crippen molar-refractivity contribution in [3.63, 3.8) is 0 Å². The predicted molar refractivity (Wildman–Crippen MR) is 121 cm³/mol. The van der Waals surface area contributed by atoms with E-state index in [0.29, 0.717) is 32.9 Å². The third-order valence-electron chi connectivity index (χ3n) is 3.85. The van der Waals surface area contributed by atoms with E-state index in [1.807, 2.05) is 60.7 Å². The second kappa shape index (κ2) is 11.2. The number of nitrogens with zero attached hydrogens (tertiary/aromatic N) is 1. The van der Waals surface area contributed by atoms with Crippen molar-refractivity contribution in [2.45, 2.75) is 13.8 Å². The van der Waals surface area contributed by atoms with Crippen molar-refractivity contribution in [3.05, 3.63) is 56.7 Å². The van der Waals surface area contributed by atoms with Crippen LogP contribution in [0.5, 0.6) is 11.5 Å². The number of halogens is 1. The lowest BCUT2D eigenvalue weighted by Crippen LogP contribution is -2.14. The van der Waals surface area contributed by atoms with Crippen LogP contribution in [0.3, 0.4) is 0 Å². The summed E-state index contributed by atoms with van der Waals surface area (Å²) in [5.41, 5.74) is 2.13. The number of anilines is 1. The minimum Gasteiger partial charge on any atom is -0.490 e. The maximum Gasteiger partial charge on any atom is 0.343 e. The van der Waals surface area contributed by atoms with E-state index < -0.39 is 11.9 Å². The molecule has 2 rings (SSSR count). The molecular formula is C22H21IN2O5. The number of carbonyl (C=O) groups is 2. The van der Waals surface area contributed by atoms with Crippen LogP contribution in [-0.4, -0.2) is 32.2 Å². The van der Waals surface area contributed by atoms with Crippen LogP contribution in [0.4, 0.5) is 5.69 Å². The Morgan fingerprint density at radius 1 is 1.23 bits per heavy atom. The Kier molecular flexibility index (Phi) is 8.68. The molecule has 8 heteroatoms. The van der Waals surface area contributed by atoms with Crippen LogP contribution in [0.2, 0.25) is 0 Å². The zero-order valence-corrected chi connectivity index (χ0v) is 19.0. The van der Waals surface area contributed by atoms with Crippen molar-refractivity contribution in [2.75, 3.05) is 25.6 Å². The van der Waals surface area contributed by atoms with E-state index in [2.05, 4.69) is 10.1 Å². The Labute approximate surface area is 188 Å². The van der Waals surface area contributed by atoms with Gasteiger partial charge >= 0.3 is 5.97 Å². The number of benzene rings is 2. The third kappa shape index (κ3) is 6.49. The van der Waals surface area contributed by atoms with Gasteiger partial charge in [-0.15, -0.1) is 0 Å². The van der Waals surface area contributed by atoms with Gasteiger partial charge in [0.05, 0.1) is 17.3 Å². The van der Waals surface area contributed by atoms with Gasteiger partial charge in [0.25, 0.3) is 5.91 Å². The third-order valence-corrected chi connectivity index (χ3v) is 4.65. The van der Waals surface area contributed by atoms with Crippen molar-refractivity contribution >= 4 is 46.2 Å². The highest BCUT2D eigenvalue weighted by molar-refractivity contribution is 14.1. The highest BCUT2D eigenvalue weighted by atomic mass is 127. The zero-order valence-electron chi connectivity index (χ0n) is 16.8. The van der Waals surface area contributed by atoms with Crippen molar-refractivity contribution in [3.8, 4) is 17.6 Å². The fourth-order valence-corrected chi connectivity index (χ4v) is 3.28. The van der Waals surface area contributed by atoms with Crippen LogP contribution >= 0.6 is 22.6 Å². The second-order valence-corrected chi connectivity index (χ2v) is 7.28. The Morgan fingerprint density at radius 3 is 2.63 bits per heavy atom. The Morgan fingerprint density at radius 2 is 2.00 bits per heavy atom. The minimum atomic E-state index is -0.517. The topological polar surface area (TPSA) is 97.6 Å². The van der Waals surface area contributed by atoms with Crippen molar-refractivity contribution < 1.29 is 23.8 Å². The van der Waals surface area contributed by atoms with Crippen molar-refractivity contribution in [2.24, 2.45) is 0 Å². The minimum absolute atomic E-state index is 0.0574. The van der Waals surface area contributed by atoms with Gasteiger partial charge in [-0.1, -0.05) is 12.1 Å². The fraction of sp³-hybridized carbons (Fsp3) is 0.227. The monoisotopic (exact) mass is 520 g/mol. The molecule has 0 saturated heterocycles. The maximum atomic E-state index is 12.5. The van der Waals surface area contributed by atoms with Gasteiger partial charge in [0.1, 0.15) is 11.6 Å². The molecule has 0 aromatic heterocycles. The zero-order chi connectivity index (χ0) is 22.1. The van der Waals surface area contributed by atoms with Crippen molar-refractivity contribution in [1.82, 2.24) is 0 Å². The molecule has 2 aromatic carbocycles. The number of ether oxygens (including phenoxy) is 3. The van der Waals surface area contributed by atoms with Gasteiger partial charge in [0.2, 0.25) is 0 Å². The number of rotatable bonds is 8. The number of nitrogens with one attached hydrogen (secondary N) is 1. The highest BCUT2D eigenvalue weighted by Gasteiger charge is 2.15. The van der Waals surface area contributed by atoms with Gasteiger partial charge < -0.3 is 19.5 Å². The summed E-state index contributed by atoms with van der Waals surface area (Å²) in [4.78, 5) is 23.9. The summed E-state index contributed by atoms with van der Waals surface area (Å²) in [6.07, 6.45) is 1.47. The maximum absolute atomic E-state index is 12.5. The molecule has 0 aliphatic heterocycles. The molecule has 0 heterocycles. The molecule has 0 unspecified atom stereocenters. The van der Waals surface area contributed by atoms with Gasteiger partial charge in [0.15, 0.2) is 18.1 Å². The van der Waals surface area contributed by atoms with Crippen LogP contribution in [0.1, 0.15) is 18.1 Å². The van der Waals surface area contributed by atoms with Gasteiger partial charge in [-0.3, -0.25) is 4.79 Å². The molecule has 0 aliphatic rings. The summed E-state index contributed by atoms with van der Waals surface area (Å²) in [6.45, 7) is 3.84. The first-order valence-corrected chi connectivity index (χ1v) is 10.1. The molecule has 0 saturated carbocycles. The standard InChI is InChI=1S/C22H21IN2O5/c1-4-29-19-11-15(10-18(23)21(19)30-13-20(26)28-3)9-16(12-24)22(27)25-17-7-5-6-14(2)8-17/h5-11H,4,13H2,1-3H3,(H,25,27)/b16-9+. The first-order chi connectivity index (χ1) is 14.4. The van der Waals surface area contributed by atoms with E-state index in [1.54, 1.807) is 18.2 Å². The Balaban J connectivity index is 2.31. The molecular weight excluding hydrogens is 499 g/mol. The SMILES string of the molecule is CCOc1cc(/C=C(\C#N)C(=O)Nc2cccc(C)c2)cc(I)c1OCC(=O)OC. The summed E-state index contributed by atoms with van der Waals surface area (Å²) in [5, 5.41) is 12.2. The van der Waals surface area contributed by atoms with E-state index in [9.17, 15) is 14.9 Å². The van der Waals surface area contributed by atoms with Crippen LogP contribution in [0.25, 0.3) is 6.08 Å². The molecule has 0 aliphatic carbocycles. The molecule has 0 radical (unpaired) electrons. The molecule has 1 N–H and O–H groups in total. The first-order valence-electron chi connectivity index (χ1n) is 9.03.